The standard InChI is InChI=1S/C3H7NO2.2ClH/c4-3(6)1-2-5;;/h5H,1-2H2,(H2,4,6);2*1H. The van der Waals surface area contributed by atoms with Gasteiger partial charge >= 0.3 is 0 Å². The van der Waals surface area contributed by atoms with Crippen LogP contribution in [-0.2, 0) is 4.79 Å². The molecule has 0 heterocycles. The second-order valence-electron chi connectivity index (χ2n) is 0.940. The molecule has 0 aromatic carbocycles. The van der Waals surface area contributed by atoms with Crippen LogP contribution in [0.1, 0.15) is 6.42 Å². The molecule has 5 heteroatoms. The van der Waals surface area contributed by atoms with Crippen molar-refractivity contribution in [2.75, 3.05) is 6.61 Å². The Bertz CT molecular complexity index is 59.2. The molecule has 0 saturated heterocycles. The summed E-state index contributed by atoms with van der Waals surface area (Å²) in [6.45, 7) is -0.144. The average molecular weight is 162 g/mol. The van der Waals surface area contributed by atoms with Gasteiger partial charge in [-0.1, -0.05) is 0 Å². The van der Waals surface area contributed by atoms with Crippen molar-refractivity contribution in [3.8, 4) is 0 Å². The van der Waals surface area contributed by atoms with Gasteiger partial charge < -0.3 is 10.8 Å². The Morgan fingerprint density at radius 2 is 1.88 bits per heavy atom. The van der Waals surface area contributed by atoms with E-state index in [9.17, 15) is 4.79 Å². The molecule has 3 N–H and O–H groups in total. The summed E-state index contributed by atoms with van der Waals surface area (Å²) in [5.74, 6) is -0.461. The lowest BCUT2D eigenvalue weighted by Crippen LogP contribution is -2.11. The zero-order valence-corrected chi connectivity index (χ0v) is 5.80. The summed E-state index contributed by atoms with van der Waals surface area (Å²) in [6.07, 6.45) is 0.0694. The van der Waals surface area contributed by atoms with E-state index in [0.717, 1.165) is 0 Å². The smallest absolute Gasteiger partial charge is 0.219 e. The minimum atomic E-state index is -0.461. The summed E-state index contributed by atoms with van der Waals surface area (Å²) in [4.78, 5) is 9.66. The van der Waals surface area contributed by atoms with Gasteiger partial charge in [0.2, 0.25) is 5.91 Å². The molecule has 0 aliphatic heterocycles. The van der Waals surface area contributed by atoms with Gasteiger partial charge in [-0.05, 0) is 0 Å². The maximum atomic E-state index is 9.66. The number of nitrogens with two attached hydrogens (primary N) is 1. The molecule has 0 saturated carbocycles. The van der Waals surface area contributed by atoms with E-state index in [1.165, 1.54) is 0 Å². The number of carbonyl (C=O) groups excluding carboxylic acids is 1. The average Bonchev–Trinajstić information content (AvgIpc) is 1.35. The van der Waals surface area contributed by atoms with Crippen LogP contribution in [0, 0.1) is 0 Å². The summed E-state index contributed by atoms with van der Waals surface area (Å²) >= 11 is 0. The van der Waals surface area contributed by atoms with E-state index in [1.54, 1.807) is 0 Å². The van der Waals surface area contributed by atoms with Crippen LogP contribution >= 0.6 is 24.8 Å². The number of hydrogen-bond acceptors (Lipinski definition) is 2. The van der Waals surface area contributed by atoms with Crippen molar-refractivity contribution in [1.29, 1.82) is 0 Å². The van der Waals surface area contributed by atoms with Gasteiger partial charge in [-0.3, -0.25) is 4.79 Å². The maximum Gasteiger partial charge on any atom is 0.219 e. The molecule has 1 amide bonds. The van der Waals surface area contributed by atoms with E-state index in [4.69, 9.17) is 5.11 Å². The number of hydrogen-bond donors (Lipinski definition) is 2. The number of primary amides is 1. The van der Waals surface area contributed by atoms with Gasteiger partial charge in [0, 0.05) is 6.42 Å². The van der Waals surface area contributed by atoms with Crippen molar-refractivity contribution in [2.45, 2.75) is 6.42 Å². The highest BCUT2D eigenvalue weighted by Gasteiger charge is 1.85. The molecule has 0 rings (SSSR count). The SMILES string of the molecule is Cl.Cl.NC(=O)CCO. The predicted molar refractivity (Wildman–Crippen MR) is 35.4 cm³/mol. The van der Waals surface area contributed by atoms with Crippen LogP contribution in [0.3, 0.4) is 0 Å². The normalized spacial score (nSPS) is 6.12. The number of aliphatic hydroxyl groups excluding tert-OH is 1. The first-order valence-corrected chi connectivity index (χ1v) is 1.66. The molecule has 0 aliphatic carbocycles. The molecule has 0 bridgehead atoms. The summed E-state index contributed by atoms with van der Waals surface area (Å²) in [5.41, 5.74) is 4.60. The highest BCUT2D eigenvalue weighted by Crippen LogP contribution is 1.66. The molecular formula is C3H9Cl2NO2. The molecular weight excluding hydrogens is 153 g/mol. The number of carbonyl (C=O) groups is 1. The van der Waals surface area contributed by atoms with E-state index < -0.39 is 5.91 Å². The van der Waals surface area contributed by atoms with Crippen LogP contribution in [0.25, 0.3) is 0 Å². The number of aliphatic hydroxyl groups is 1. The highest BCUT2D eigenvalue weighted by atomic mass is 35.5. The van der Waals surface area contributed by atoms with Crippen molar-refractivity contribution in [2.24, 2.45) is 5.73 Å². The summed E-state index contributed by atoms with van der Waals surface area (Å²) in [6, 6.07) is 0. The Kier molecular flexibility index (Phi) is 19.8. The first kappa shape index (κ1) is 15.7. The van der Waals surface area contributed by atoms with Crippen LogP contribution in [0.15, 0.2) is 0 Å². The van der Waals surface area contributed by atoms with Gasteiger partial charge in [-0.15, -0.1) is 24.8 Å². The van der Waals surface area contributed by atoms with Crippen LogP contribution in [0.4, 0.5) is 0 Å². The summed E-state index contributed by atoms with van der Waals surface area (Å²) < 4.78 is 0. The summed E-state index contributed by atoms with van der Waals surface area (Å²) in [5, 5.41) is 7.94. The molecule has 3 nitrogen and oxygen atoms in total. The molecule has 0 aliphatic rings. The first-order valence-electron chi connectivity index (χ1n) is 1.66. The minimum absolute atomic E-state index is 0. The van der Waals surface area contributed by atoms with Gasteiger partial charge in [0.05, 0.1) is 6.61 Å². The van der Waals surface area contributed by atoms with Crippen molar-refractivity contribution < 1.29 is 9.90 Å². The van der Waals surface area contributed by atoms with Crippen molar-refractivity contribution >= 4 is 30.7 Å². The van der Waals surface area contributed by atoms with E-state index in [-0.39, 0.29) is 37.8 Å². The third-order valence-corrected chi connectivity index (χ3v) is 0.358. The fourth-order valence-corrected chi connectivity index (χ4v) is 0.110. The third kappa shape index (κ3) is 16.7. The van der Waals surface area contributed by atoms with Crippen molar-refractivity contribution in [3.05, 3.63) is 0 Å². The van der Waals surface area contributed by atoms with E-state index >= 15 is 0 Å². The molecule has 0 unspecified atom stereocenters. The van der Waals surface area contributed by atoms with Gasteiger partial charge in [0.15, 0.2) is 0 Å². The fourth-order valence-electron chi connectivity index (χ4n) is 0.110. The van der Waals surface area contributed by atoms with Crippen LogP contribution < -0.4 is 5.73 Å². The second kappa shape index (κ2) is 10.1. The monoisotopic (exact) mass is 161 g/mol. The number of rotatable bonds is 2. The molecule has 0 radical (unpaired) electrons. The maximum absolute atomic E-state index is 9.66. The van der Waals surface area contributed by atoms with Gasteiger partial charge in [0.25, 0.3) is 0 Å². The molecule has 8 heavy (non-hydrogen) atoms. The molecule has 0 spiro atoms. The molecule has 52 valence electrons. The quantitative estimate of drug-likeness (QED) is 0.585. The van der Waals surface area contributed by atoms with Gasteiger partial charge in [0.1, 0.15) is 0 Å². The van der Waals surface area contributed by atoms with Gasteiger partial charge in [-0.2, -0.15) is 0 Å². The Morgan fingerprint density at radius 3 is 1.88 bits per heavy atom. The highest BCUT2D eigenvalue weighted by molar-refractivity contribution is 5.85. The third-order valence-electron chi connectivity index (χ3n) is 0.358. The number of halogens is 2. The fraction of sp³-hybridized carbons (Fsp3) is 0.667. The van der Waals surface area contributed by atoms with E-state index in [1.807, 2.05) is 0 Å². The number of amides is 1. The summed E-state index contributed by atoms with van der Waals surface area (Å²) in [7, 11) is 0. The zero-order chi connectivity index (χ0) is 4.99. The first-order chi connectivity index (χ1) is 2.77. The zero-order valence-electron chi connectivity index (χ0n) is 4.16. The Labute approximate surface area is 60.1 Å². The topological polar surface area (TPSA) is 63.3 Å². The van der Waals surface area contributed by atoms with Crippen LogP contribution in [-0.4, -0.2) is 17.6 Å². The Hall–Kier alpha value is 0.01000. The minimum Gasteiger partial charge on any atom is -0.396 e. The molecule has 0 aromatic heterocycles. The van der Waals surface area contributed by atoms with Crippen molar-refractivity contribution in [3.63, 3.8) is 0 Å². The van der Waals surface area contributed by atoms with Crippen LogP contribution in [0.5, 0.6) is 0 Å². The largest absolute Gasteiger partial charge is 0.396 e. The van der Waals surface area contributed by atoms with E-state index in [2.05, 4.69) is 5.73 Å². The van der Waals surface area contributed by atoms with E-state index in [0.29, 0.717) is 0 Å². The molecule has 0 atom stereocenters. The molecule has 0 aromatic rings. The predicted octanol–water partition coefficient (Wildman–Crippen LogP) is -0.302. The lowest BCUT2D eigenvalue weighted by Gasteiger charge is -1.81. The van der Waals surface area contributed by atoms with Crippen molar-refractivity contribution in [1.82, 2.24) is 0 Å². The Morgan fingerprint density at radius 1 is 1.50 bits per heavy atom. The second-order valence-corrected chi connectivity index (χ2v) is 0.940. The lowest BCUT2D eigenvalue weighted by molar-refractivity contribution is -0.118. The van der Waals surface area contributed by atoms with Crippen LogP contribution in [0.2, 0.25) is 0 Å². The lowest BCUT2D eigenvalue weighted by atomic mass is 10.4. The Balaban J connectivity index is -0.000000125. The van der Waals surface area contributed by atoms with Gasteiger partial charge in [-0.25, -0.2) is 0 Å². The molecule has 0 fully saturated rings.